The number of anilines is 2. The van der Waals surface area contributed by atoms with E-state index < -0.39 is 6.10 Å². The summed E-state index contributed by atoms with van der Waals surface area (Å²) in [4.78, 5) is 27.1. The summed E-state index contributed by atoms with van der Waals surface area (Å²) in [6, 6.07) is 5.46. The summed E-state index contributed by atoms with van der Waals surface area (Å²) in [5.74, 6) is 1.68. The lowest BCUT2D eigenvalue weighted by Crippen LogP contribution is -2.44. The van der Waals surface area contributed by atoms with Gasteiger partial charge in [-0.25, -0.2) is 0 Å². The van der Waals surface area contributed by atoms with Gasteiger partial charge in [0.05, 0.1) is 17.9 Å². The lowest BCUT2D eigenvalue weighted by Gasteiger charge is -2.33. The normalized spacial score (nSPS) is 19.4. The molecule has 1 N–H and O–H groups in total. The number of aromatic nitrogens is 1. The van der Waals surface area contributed by atoms with Crippen molar-refractivity contribution in [1.82, 2.24) is 5.16 Å². The maximum atomic E-state index is 12.9. The molecular weight excluding hydrogens is 382 g/mol. The maximum absolute atomic E-state index is 12.9. The summed E-state index contributed by atoms with van der Waals surface area (Å²) in [5.41, 5.74) is 2.96. The molecule has 0 radical (unpaired) electrons. The number of hydrogen-bond acceptors (Lipinski definition) is 5. The standard InChI is InChI=1S/C23H29N3O4/c1-14-19(15(2)30-25-14)13-26-20-12-18(9-10-21(20)29-16(3)23(26)28)24-22(27)11-17-7-5-4-6-8-17/h9-10,12,16-17H,4-8,11,13H2,1-3H3,(H,24,27). The Balaban J connectivity index is 1.55. The maximum Gasteiger partial charge on any atom is 0.268 e. The molecule has 1 aliphatic heterocycles. The number of carbonyl (C=O) groups is 2. The van der Waals surface area contributed by atoms with Crippen LogP contribution < -0.4 is 15.0 Å². The number of ether oxygens (including phenoxy) is 1. The van der Waals surface area contributed by atoms with E-state index in [9.17, 15) is 9.59 Å². The number of amides is 2. The third kappa shape index (κ3) is 4.20. The van der Waals surface area contributed by atoms with Crippen LogP contribution in [0.2, 0.25) is 0 Å². The molecule has 30 heavy (non-hydrogen) atoms. The van der Waals surface area contributed by atoms with Crippen LogP contribution in [0.4, 0.5) is 11.4 Å². The fourth-order valence-electron chi connectivity index (χ4n) is 4.40. The Morgan fingerprint density at radius 2 is 2.00 bits per heavy atom. The largest absolute Gasteiger partial charge is 0.479 e. The first-order valence-corrected chi connectivity index (χ1v) is 10.8. The molecule has 2 aliphatic rings. The number of carbonyl (C=O) groups excluding carboxylic acids is 2. The highest BCUT2D eigenvalue weighted by Gasteiger charge is 2.33. The summed E-state index contributed by atoms with van der Waals surface area (Å²) in [6.07, 6.45) is 5.93. The van der Waals surface area contributed by atoms with Crippen molar-refractivity contribution in [2.45, 2.75) is 71.9 Å². The van der Waals surface area contributed by atoms with Crippen molar-refractivity contribution in [2.24, 2.45) is 5.92 Å². The minimum Gasteiger partial charge on any atom is -0.479 e. The van der Waals surface area contributed by atoms with Gasteiger partial charge >= 0.3 is 0 Å². The Hall–Kier alpha value is -2.83. The number of fused-ring (bicyclic) bond motifs is 1. The van der Waals surface area contributed by atoms with E-state index in [1.165, 1.54) is 19.3 Å². The van der Waals surface area contributed by atoms with E-state index in [2.05, 4.69) is 10.5 Å². The first kappa shape index (κ1) is 20.4. The van der Waals surface area contributed by atoms with Gasteiger partial charge in [-0.05, 0) is 57.7 Å². The van der Waals surface area contributed by atoms with E-state index in [1.54, 1.807) is 11.8 Å². The Morgan fingerprint density at radius 3 is 2.70 bits per heavy atom. The van der Waals surface area contributed by atoms with Gasteiger partial charge in [0, 0.05) is 17.7 Å². The molecule has 7 nitrogen and oxygen atoms in total. The zero-order chi connectivity index (χ0) is 21.3. The second-order valence-electron chi connectivity index (χ2n) is 8.43. The molecule has 0 saturated heterocycles. The number of nitrogens with zero attached hydrogens (tertiary/aromatic N) is 2. The van der Waals surface area contributed by atoms with Gasteiger partial charge in [-0.1, -0.05) is 24.4 Å². The lowest BCUT2D eigenvalue weighted by molar-refractivity contribution is -0.125. The summed E-state index contributed by atoms with van der Waals surface area (Å²) < 4.78 is 11.1. The van der Waals surface area contributed by atoms with Gasteiger partial charge in [-0.3, -0.25) is 9.59 Å². The molecule has 0 bridgehead atoms. The SMILES string of the molecule is Cc1noc(C)c1CN1C(=O)C(C)Oc2ccc(NC(=O)CC3CCCCC3)cc21. The van der Waals surface area contributed by atoms with Crippen molar-refractivity contribution in [1.29, 1.82) is 0 Å². The van der Waals surface area contributed by atoms with Crippen molar-refractivity contribution in [3.63, 3.8) is 0 Å². The quantitative estimate of drug-likeness (QED) is 0.782. The number of benzene rings is 1. The fraction of sp³-hybridized carbons (Fsp3) is 0.522. The van der Waals surface area contributed by atoms with E-state index >= 15 is 0 Å². The monoisotopic (exact) mass is 411 g/mol. The molecule has 160 valence electrons. The van der Waals surface area contributed by atoms with Gasteiger partial charge in [0.2, 0.25) is 5.91 Å². The van der Waals surface area contributed by atoms with Gasteiger partial charge in [-0.15, -0.1) is 0 Å². The minimum atomic E-state index is -0.579. The van der Waals surface area contributed by atoms with Crippen LogP contribution in [-0.4, -0.2) is 23.1 Å². The molecule has 2 amide bonds. The van der Waals surface area contributed by atoms with E-state index in [1.807, 2.05) is 32.0 Å². The lowest BCUT2D eigenvalue weighted by atomic mass is 9.87. The number of aryl methyl sites for hydroxylation is 2. The van der Waals surface area contributed by atoms with E-state index in [4.69, 9.17) is 9.26 Å². The Labute approximate surface area is 176 Å². The van der Waals surface area contributed by atoms with E-state index in [0.29, 0.717) is 41.8 Å². The van der Waals surface area contributed by atoms with Gasteiger partial charge in [0.1, 0.15) is 11.5 Å². The highest BCUT2D eigenvalue weighted by Crippen LogP contribution is 2.38. The topological polar surface area (TPSA) is 84.7 Å². The molecule has 4 rings (SSSR count). The van der Waals surface area contributed by atoms with Crippen LogP contribution in [0, 0.1) is 19.8 Å². The van der Waals surface area contributed by atoms with Crippen LogP contribution in [0.15, 0.2) is 22.7 Å². The molecule has 1 aromatic heterocycles. The van der Waals surface area contributed by atoms with Crippen LogP contribution in [0.1, 0.15) is 62.5 Å². The molecular formula is C23H29N3O4. The average molecular weight is 412 g/mol. The molecule has 1 fully saturated rings. The third-order valence-electron chi connectivity index (χ3n) is 6.15. The van der Waals surface area contributed by atoms with Crippen molar-refractivity contribution in [3.8, 4) is 5.75 Å². The Kier molecular flexibility index (Phi) is 5.79. The smallest absolute Gasteiger partial charge is 0.268 e. The number of nitrogens with one attached hydrogen (secondary N) is 1. The predicted molar refractivity (Wildman–Crippen MR) is 114 cm³/mol. The molecule has 1 saturated carbocycles. The van der Waals surface area contributed by atoms with Gasteiger partial charge in [0.25, 0.3) is 5.91 Å². The van der Waals surface area contributed by atoms with Crippen molar-refractivity contribution < 1.29 is 18.8 Å². The van der Waals surface area contributed by atoms with Crippen molar-refractivity contribution in [3.05, 3.63) is 35.2 Å². The molecule has 0 spiro atoms. The summed E-state index contributed by atoms with van der Waals surface area (Å²) in [5, 5.41) is 7.00. The van der Waals surface area contributed by atoms with Crippen LogP contribution in [0.25, 0.3) is 0 Å². The Morgan fingerprint density at radius 1 is 1.23 bits per heavy atom. The highest BCUT2D eigenvalue weighted by molar-refractivity contribution is 6.01. The molecule has 7 heteroatoms. The third-order valence-corrected chi connectivity index (χ3v) is 6.15. The first-order chi connectivity index (χ1) is 14.4. The predicted octanol–water partition coefficient (Wildman–Crippen LogP) is 4.51. The summed E-state index contributed by atoms with van der Waals surface area (Å²) in [7, 11) is 0. The highest BCUT2D eigenvalue weighted by atomic mass is 16.5. The molecule has 1 aromatic carbocycles. The summed E-state index contributed by atoms with van der Waals surface area (Å²) in [6.45, 7) is 5.79. The average Bonchev–Trinajstić information content (AvgIpc) is 3.04. The van der Waals surface area contributed by atoms with Crippen LogP contribution in [0.3, 0.4) is 0 Å². The van der Waals surface area contributed by atoms with Gasteiger partial charge in [-0.2, -0.15) is 0 Å². The van der Waals surface area contributed by atoms with Crippen LogP contribution in [0.5, 0.6) is 5.75 Å². The fourth-order valence-corrected chi connectivity index (χ4v) is 4.40. The van der Waals surface area contributed by atoms with Crippen molar-refractivity contribution >= 4 is 23.2 Å². The molecule has 1 aliphatic carbocycles. The van der Waals surface area contributed by atoms with Crippen LogP contribution >= 0.6 is 0 Å². The minimum absolute atomic E-state index is 0.0237. The van der Waals surface area contributed by atoms with Gasteiger partial charge in [0.15, 0.2) is 6.10 Å². The van der Waals surface area contributed by atoms with Crippen LogP contribution in [-0.2, 0) is 16.1 Å². The molecule has 1 atom stereocenters. The second kappa shape index (κ2) is 8.50. The van der Waals surface area contributed by atoms with E-state index in [-0.39, 0.29) is 11.8 Å². The number of rotatable bonds is 5. The molecule has 1 unspecified atom stereocenters. The second-order valence-corrected chi connectivity index (χ2v) is 8.43. The van der Waals surface area contributed by atoms with Crippen molar-refractivity contribution in [2.75, 3.05) is 10.2 Å². The summed E-state index contributed by atoms with van der Waals surface area (Å²) >= 11 is 0. The molecule has 2 heterocycles. The number of hydrogen-bond donors (Lipinski definition) is 1. The zero-order valence-corrected chi connectivity index (χ0v) is 17.9. The zero-order valence-electron chi connectivity index (χ0n) is 17.9. The van der Waals surface area contributed by atoms with E-state index in [0.717, 1.165) is 24.1 Å². The Bertz CT molecular complexity index is 926. The van der Waals surface area contributed by atoms with Gasteiger partial charge < -0.3 is 19.5 Å². The molecule has 2 aromatic rings. The first-order valence-electron chi connectivity index (χ1n) is 10.8.